The van der Waals surface area contributed by atoms with E-state index >= 15 is 0 Å². The summed E-state index contributed by atoms with van der Waals surface area (Å²) < 4.78 is 21.2. The first-order chi connectivity index (χ1) is 22.8. The second kappa shape index (κ2) is 23.4. The highest BCUT2D eigenvalue weighted by atomic mass is 16.5. The van der Waals surface area contributed by atoms with Crippen LogP contribution in [0, 0.1) is 0 Å². The van der Waals surface area contributed by atoms with Gasteiger partial charge in [0, 0.05) is 37.8 Å². The number of amides is 3. The van der Waals surface area contributed by atoms with Crippen LogP contribution in [-0.2, 0) is 56.1 Å². The first-order valence-corrected chi connectivity index (χ1v) is 15.2. The van der Waals surface area contributed by atoms with Gasteiger partial charge in [0.15, 0.2) is 0 Å². The number of carbonyl (C=O) groups excluding carboxylic acids is 5. The van der Waals surface area contributed by atoms with Crippen molar-refractivity contribution in [2.75, 3.05) is 39.5 Å². The molecule has 0 aliphatic carbocycles. The average molecular weight is 655 g/mol. The number of ether oxygens (including phenoxy) is 4. The molecule has 0 spiro atoms. The average Bonchev–Trinajstić information content (AvgIpc) is 3.07. The van der Waals surface area contributed by atoms with Crippen molar-refractivity contribution in [2.45, 2.75) is 57.9 Å². The third-order valence-corrected chi connectivity index (χ3v) is 6.40. The lowest BCUT2D eigenvalue weighted by atomic mass is 10.1. The van der Waals surface area contributed by atoms with Crippen LogP contribution in [0.4, 0.5) is 0 Å². The summed E-state index contributed by atoms with van der Waals surface area (Å²) in [5, 5.41) is 11.1. The van der Waals surface area contributed by atoms with Crippen LogP contribution in [0.2, 0.25) is 0 Å². The Bertz CT molecular complexity index is 1310. The summed E-state index contributed by atoms with van der Waals surface area (Å²) in [4.78, 5) is 65.6. The molecule has 254 valence electrons. The fourth-order valence-corrected chi connectivity index (χ4v) is 4.04. The first-order valence-electron chi connectivity index (χ1n) is 15.2. The highest BCUT2D eigenvalue weighted by Crippen LogP contribution is 2.08. The van der Waals surface area contributed by atoms with Gasteiger partial charge < -0.3 is 34.9 Å². The minimum Gasteiger partial charge on any atom is -0.461 e. The normalized spacial score (nSPS) is 11.7. The van der Waals surface area contributed by atoms with Crippen LogP contribution >= 0.6 is 0 Å². The molecule has 2 aromatic rings. The lowest BCUT2D eigenvalue weighted by Gasteiger charge is -2.23. The van der Waals surface area contributed by atoms with Gasteiger partial charge in [0.05, 0.1) is 26.4 Å². The molecule has 3 amide bonds. The van der Waals surface area contributed by atoms with E-state index in [9.17, 15) is 24.0 Å². The topological polar surface area (TPSA) is 207 Å². The zero-order valence-electron chi connectivity index (χ0n) is 26.4. The smallest absolute Gasteiger partial charge is 0.306 e. The van der Waals surface area contributed by atoms with E-state index in [2.05, 4.69) is 26.0 Å². The van der Waals surface area contributed by atoms with Crippen LogP contribution in [0.25, 0.3) is 10.4 Å². The zero-order valence-corrected chi connectivity index (χ0v) is 26.4. The second-order valence-electron chi connectivity index (χ2n) is 10.2. The number of azide groups is 1. The Morgan fingerprint density at radius 2 is 1.23 bits per heavy atom. The molecule has 0 fully saturated rings. The molecule has 3 N–H and O–H groups in total. The highest BCUT2D eigenvalue weighted by Gasteiger charge is 2.27. The molecule has 0 radical (unpaired) electrons. The Labute approximate surface area is 273 Å². The summed E-state index contributed by atoms with van der Waals surface area (Å²) in [7, 11) is 0. The summed E-state index contributed by atoms with van der Waals surface area (Å²) >= 11 is 0. The van der Waals surface area contributed by atoms with Crippen LogP contribution in [0.5, 0.6) is 0 Å². The van der Waals surface area contributed by atoms with E-state index in [1.54, 1.807) is 24.3 Å². The van der Waals surface area contributed by atoms with Crippen molar-refractivity contribution < 1.29 is 42.9 Å². The molecule has 0 bridgehead atoms. The molecule has 0 aliphatic heterocycles. The van der Waals surface area contributed by atoms with E-state index in [1.807, 2.05) is 36.4 Å². The number of esters is 2. The van der Waals surface area contributed by atoms with Gasteiger partial charge in [0.25, 0.3) is 0 Å². The molecule has 0 unspecified atom stereocenters. The van der Waals surface area contributed by atoms with Gasteiger partial charge in [0.1, 0.15) is 25.3 Å². The molecule has 47 heavy (non-hydrogen) atoms. The second-order valence-corrected chi connectivity index (χ2v) is 10.2. The quantitative estimate of drug-likeness (QED) is 0.0528. The van der Waals surface area contributed by atoms with Gasteiger partial charge >= 0.3 is 11.9 Å². The summed E-state index contributed by atoms with van der Waals surface area (Å²) in [5.41, 5.74) is 9.84. The predicted molar refractivity (Wildman–Crippen MR) is 169 cm³/mol. The lowest BCUT2D eigenvalue weighted by Crippen LogP contribution is -2.54. The van der Waals surface area contributed by atoms with E-state index in [-0.39, 0.29) is 78.4 Å². The third-order valence-electron chi connectivity index (χ3n) is 6.40. The lowest BCUT2D eigenvalue weighted by molar-refractivity contribution is -0.146. The summed E-state index contributed by atoms with van der Waals surface area (Å²) in [6, 6.07) is 15.9. The maximum absolute atomic E-state index is 13.2. The van der Waals surface area contributed by atoms with Crippen molar-refractivity contribution in [2.24, 2.45) is 5.11 Å². The van der Waals surface area contributed by atoms with Crippen LogP contribution in [0.15, 0.2) is 65.8 Å². The van der Waals surface area contributed by atoms with Crippen molar-refractivity contribution in [1.29, 1.82) is 0 Å². The summed E-state index contributed by atoms with van der Waals surface area (Å²) in [6.45, 7) is 2.57. The Morgan fingerprint density at radius 1 is 0.723 bits per heavy atom. The van der Waals surface area contributed by atoms with E-state index in [4.69, 9.17) is 24.5 Å². The van der Waals surface area contributed by atoms with Crippen LogP contribution in [0.1, 0.15) is 43.7 Å². The maximum Gasteiger partial charge on any atom is 0.306 e. The van der Waals surface area contributed by atoms with Gasteiger partial charge in [-0.3, -0.25) is 24.0 Å². The number of nitrogens with zero attached hydrogens (tertiary/aromatic N) is 3. The summed E-state index contributed by atoms with van der Waals surface area (Å²) in [6.07, 6.45) is -0.506. The predicted octanol–water partition coefficient (Wildman–Crippen LogP) is 2.48. The zero-order chi connectivity index (χ0) is 34.1. The summed E-state index contributed by atoms with van der Waals surface area (Å²) in [5.74, 6) is -2.92. The monoisotopic (exact) mass is 654 g/mol. The largest absolute Gasteiger partial charge is 0.461 e. The van der Waals surface area contributed by atoms with Gasteiger partial charge in [-0.1, -0.05) is 65.8 Å². The van der Waals surface area contributed by atoms with Crippen molar-refractivity contribution in [3.05, 3.63) is 82.2 Å². The molecule has 2 aromatic carbocycles. The first kappa shape index (κ1) is 38.2. The molecule has 0 saturated carbocycles. The standard InChI is InChI=1S/C32H42N6O9/c1-24(39)36-28(13-15-30(41)47-23-26-10-6-3-7-11-26)32(43)37-27(12-14-29(40)46-22-25-8-4-2-5-9-25)31(42)34-16-18-44-20-21-45-19-17-35-38-33/h2-11,27-28H,12-23H2,1H3,(H,34,42)(H,36,39)(H,37,43)/t27-,28+/m0/s1. The highest BCUT2D eigenvalue weighted by molar-refractivity contribution is 5.92. The number of hydrogen-bond donors (Lipinski definition) is 3. The third kappa shape index (κ3) is 17.9. The number of benzene rings is 2. The number of rotatable bonds is 23. The fraction of sp³-hybridized carbons (Fsp3) is 0.469. The molecule has 15 nitrogen and oxygen atoms in total. The van der Waals surface area contributed by atoms with E-state index in [0.29, 0.717) is 0 Å². The molecular weight excluding hydrogens is 612 g/mol. The molecule has 15 heteroatoms. The minimum atomic E-state index is -1.16. The van der Waals surface area contributed by atoms with Gasteiger partial charge in [-0.25, -0.2) is 0 Å². The van der Waals surface area contributed by atoms with Gasteiger partial charge in [0.2, 0.25) is 17.7 Å². The SMILES string of the molecule is CC(=O)N[C@H](CCC(=O)OCc1ccccc1)C(=O)N[C@@H](CCC(=O)OCc1ccccc1)C(=O)NCCOCCOCCN=[N+]=[N-]. The molecule has 0 aromatic heterocycles. The van der Waals surface area contributed by atoms with E-state index in [0.717, 1.165) is 11.1 Å². The van der Waals surface area contributed by atoms with Crippen molar-refractivity contribution >= 4 is 29.7 Å². The minimum absolute atomic E-state index is 0.0560. The molecule has 0 aliphatic rings. The van der Waals surface area contributed by atoms with E-state index < -0.39 is 41.7 Å². The number of nitrogens with one attached hydrogen (secondary N) is 3. The molecule has 0 saturated heterocycles. The maximum atomic E-state index is 13.2. The Kier molecular flexibility index (Phi) is 19.0. The van der Waals surface area contributed by atoms with Crippen molar-refractivity contribution in [1.82, 2.24) is 16.0 Å². The van der Waals surface area contributed by atoms with Crippen molar-refractivity contribution in [3.63, 3.8) is 0 Å². The Balaban J connectivity index is 1.92. The Morgan fingerprint density at radius 3 is 1.74 bits per heavy atom. The molecule has 2 rings (SSSR count). The van der Waals surface area contributed by atoms with Crippen LogP contribution in [-0.4, -0.2) is 81.3 Å². The fourth-order valence-electron chi connectivity index (χ4n) is 4.04. The van der Waals surface area contributed by atoms with Gasteiger partial charge in [-0.2, -0.15) is 0 Å². The molecule has 0 heterocycles. The van der Waals surface area contributed by atoms with Crippen LogP contribution < -0.4 is 16.0 Å². The van der Waals surface area contributed by atoms with E-state index in [1.165, 1.54) is 6.92 Å². The number of hydrogen-bond acceptors (Lipinski definition) is 10. The molecular formula is C32H42N6O9. The van der Waals surface area contributed by atoms with Gasteiger partial charge in [-0.15, -0.1) is 0 Å². The van der Waals surface area contributed by atoms with Crippen LogP contribution in [0.3, 0.4) is 0 Å². The molecule has 2 atom stereocenters. The number of carbonyl (C=O) groups is 5. The Hall–Kier alpha value is -4.98. The van der Waals surface area contributed by atoms with Crippen molar-refractivity contribution in [3.8, 4) is 0 Å². The van der Waals surface area contributed by atoms with Gasteiger partial charge in [-0.05, 0) is 29.5 Å².